The number of carbonyl (C=O) groups excluding carboxylic acids is 1. The van der Waals surface area contributed by atoms with Crippen molar-refractivity contribution in [3.8, 4) is 0 Å². The molecule has 0 saturated carbocycles. The Kier molecular flexibility index (Phi) is 5.38. The monoisotopic (exact) mass is 253 g/mol. The lowest BCUT2D eigenvalue weighted by molar-refractivity contribution is -0.122. The number of ether oxygens (including phenoxy) is 1. The molecule has 100 valence electrons. The second-order valence-electron chi connectivity index (χ2n) is 4.18. The molecule has 1 rings (SSSR count). The van der Waals surface area contributed by atoms with E-state index in [0.29, 0.717) is 12.3 Å². The van der Waals surface area contributed by atoms with Crippen LogP contribution in [0.4, 0.5) is 5.69 Å². The minimum atomic E-state index is -0.246. The molecule has 3 N–H and O–H groups in total. The van der Waals surface area contributed by atoms with E-state index in [-0.39, 0.29) is 24.1 Å². The van der Waals surface area contributed by atoms with Crippen molar-refractivity contribution in [2.75, 3.05) is 19.5 Å². The maximum Gasteiger partial charge on any atom is 0.251 e. The number of rotatable bonds is 6. The molecule has 0 saturated heterocycles. The van der Waals surface area contributed by atoms with Crippen LogP contribution in [0.15, 0.2) is 23.1 Å². The Bertz CT molecular complexity index is 456. The number of nitrogens with one attached hydrogen (secondary N) is 1. The molecule has 1 amide bonds. The highest BCUT2D eigenvalue weighted by Crippen LogP contribution is 1.96. The second kappa shape index (κ2) is 6.80. The summed E-state index contributed by atoms with van der Waals surface area (Å²) in [5.74, 6) is -0.216. The summed E-state index contributed by atoms with van der Waals surface area (Å²) in [7, 11) is 1.61. The van der Waals surface area contributed by atoms with Crippen molar-refractivity contribution >= 4 is 11.6 Å². The average Bonchev–Trinajstić information content (AvgIpc) is 2.31. The van der Waals surface area contributed by atoms with Gasteiger partial charge in [0, 0.05) is 37.7 Å². The summed E-state index contributed by atoms with van der Waals surface area (Å²) in [6, 6.07) is 2.86. The Balaban J connectivity index is 2.54. The minimum Gasteiger partial charge on any atom is -0.398 e. The number of hydrogen-bond donors (Lipinski definition) is 2. The summed E-state index contributed by atoms with van der Waals surface area (Å²) >= 11 is 0. The Morgan fingerprint density at radius 1 is 1.56 bits per heavy atom. The quantitative estimate of drug-likeness (QED) is 0.745. The van der Waals surface area contributed by atoms with Crippen LogP contribution in [-0.4, -0.2) is 30.2 Å². The summed E-state index contributed by atoms with van der Waals surface area (Å²) in [5.41, 5.74) is 5.77. The van der Waals surface area contributed by atoms with Crippen molar-refractivity contribution in [1.82, 2.24) is 9.88 Å². The molecule has 0 aromatic carbocycles. The Morgan fingerprint density at radius 3 is 2.94 bits per heavy atom. The van der Waals surface area contributed by atoms with E-state index in [2.05, 4.69) is 5.32 Å². The van der Waals surface area contributed by atoms with Gasteiger partial charge in [-0.2, -0.15) is 0 Å². The molecule has 0 aliphatic rings. The van der Waals surface area contributed by atoms with Crippen molar-refractivity contribution in [2.24, 2.45) is 0 Å². The third-order valence-electron chi connectivity index (χ3n) is 2.48. The minimum absolute atomic E-state index is 0.00853. The molecule has 1 aromatic heterocycles. The summed E-state index contributed by atoms with van der Waals surface area (Å²) in [4.78, 5) is 23.2. The smallest absolute Gasteiger partial charge is 0.251 e. The third kappa shape index (κ3) is 4.58. The molecule has 1 atom stereocenters. The molecule has 6 nitrogen and oxygen atoms in total. The maximum absolute atomic E-state index is 11.7. The van der Waals surface area contributed by atoms with Crippen LogP contribution in [0.2, 0.25) is 0 Å². The number of nitrogens with two attached hydrogens (primary N) is 1. The zero-order chi connectivity index (χ0) is 13.5. The van der Waals surface area contributed by atoms with E-state index in [1.807, 2.05) is 6.92 Å². The standard InChI is InChI=1S/C12H19N3O3/c1-9(5-6-18-2)14-11(16)8-15-7-10(13)3-4-12(15)17/h3-4,7,9H,5-6,8,13H2,1-2H3,(H,14,16). The molecule has 6 heteroatoms. The molecule has 0 bridgehead atoms. The van der Waals surface area contributed by atoms with Crippen LogP contribution in [0, 0.1) is 0 Å². The molecule has 0 aliphatic heterocycles. The summed E-state index contributed by atoms with van der Waals surface area (Å²) < 4.78 is 6.21. The van der Waals surface area contributed by atoms with Gasteiger partial charge in [0.1, 0.15) is 6.54 Å². The molecule has 1 heterocycles. The predicted molar refractivity (Wildman–Crippen MR) is 69.2 cm³/mol. The normalized spacial score (nSPS) is 12.1. The Morgan fingerprint density at radius 2 is 2.28 bits per heavy atom. The Hall–Kier alpha value is -1.82. The average molecular weight is 253 g/mol. The SMILES string of the molecule is COCCC(C)NC(=O)Cn1cc(N)ccc1=O. The Labute approximate surface area is 106 Å². The molecule has 18 heavy (non-hydrogen) atoms. The highest BCUT2D eigenvalue weighted by atomic mass is 16.5. The van der Waals surface area contributed by atoms with E-state index in [1.165, 1.54) is 22.9 Å². The number of methoxy groups -OCH3 is 1. The van der Waals surface area contributed by atoms with E-state index in [9.17, 15) is 9.59 Å². The highest BCUT2D eigenvalue weighted by molar-refractivity contribution is 5.76. The van der Waals surface area contributed by atoms with Crippen LogP contribution in [-0.2, 0) is 16.1 Å². The van der Waals surface area contributed by atoms with Gasteiger partial charge in [0.2, 0.25) is 5.91 Å². The van der Waals surface area contributed by atoms with Crippen LogP contribution < -0.4 is 16.6 Å². The van der Waals surface area contributed by atoms with Gasteiger partial charge in [0.05, 0.1) is 0 Å². The fraction of sp³-hybridized carbons (Fsp3) is 0.500. The number of nitrogens with zero attached hydrogens (tertiary/aromatic N) is 1. The van der Waals surface area contributed by atoms with Crippen molar-refractivity contribution in [1.29, 1.82) is 0 Å². The van der Waals surface area contributed by atoms with Crippen LogP contribution in [0.1, 0.15) is 13.3 Å². The fourth-order valence-corrected chi connectivity index (χ4v) is 1.52. The number of anilines is 1. The van der Waals surface area contributed by atoms with Crippen molar-refractivity contribution < 1.29 is 9.53 Å². The summed E-state index contributed by atoms with van der Waals surface area (Å²) in [5, 5.41) is 2.79. The largest absolute Gasteiger partial charge is 0.398 e. The van der Waals surface area contributed by atoms with Gasteiger partial charge in [-0.15, -0.1) is 0 Å². The van der Waals surface area contributed by atoms with Gasteiger partial charge in [-0.3, -0.25) is 9.59 Å². The number of carbonyl (C=O) groups is 1. The molecule has 0 radical (unpaired) electrons. The van der Waals surface area contributed by atoms with Crippen LogP contribution in [0.5, 0.6) is 0 Å². The van der Waals surface area contributed by atoms with Crippen LogP contribution in [0.3, 0.4) is 0 Å². The van der Waals surface area contributed by atoms with E-state index in [4.69, 9.17) is 10.5 Å². The number of amides is 1. The first kappa shape index (κ1) is 14.2. The zero-order valence-corrected chi connectivity index (χ0v) is 10.7. The molecule has 0 spiro atoms. The maximum atomic E-state index is 11.7. The van der Waals surface area contributed by atoms with E-state index in [0.717, 1.165) is 6.42 Å². The molecule has 1 aromatic rings. The van der Waals surface area contributed by atoms with E-state index in [1.54, 1.807) is 7.11 Å². The van der Waals surface area contributed by atoms with Crippen molar-refractivity contribution in [3.05, 3.63) is 28.7 Å². The van der Waals surface area contributed by atoms with E-state index >= 15 is 0 Å². The first-order valence-corrected chi connectivity index (χ1v) is 5.77. The van der Waals surface area contributed by atoms with Crippen molar-refractivity contribution in [2.45, 2.75) is 25.9 Å². The lowest BCUT2D eigenvalue weighted by Gasteiger charge is -2.14. The molecule has 0 aliphatic carbocycles. The fourth-order valence-electron chi connectivity index (χ4n) is 1.52. The van der Waals surface area contributed by atoms with Gasteiger partial charge < -0.3 is 20.4 Å². The molecule has 1 unspecified atom stereocenters. The van der Waals surface area contributed by atoms with Gasteiger partial charge in [-0.05, 0) is 19.4 Å². The zero-order valence-electron chi connectivity index (χ0n) is 10.7. The van der Waals surface area contributed by atoms with Crippen LogP contribution >= 0.6 is 0 Å². The summed E-state index contributed by atoms with van der Waals surface area (Å²) in [6.45, 7) is 2.44. The van der Waals surface area contributed by atoms with Crippen LogP contribution in [0.25, 0.3) is 0 Å². The summed E-state index contributed by atoms with van der Waals surface area (Å²) in [6.07, 6.45) is 2.19. The third-order valence-corrected chi connectivity index (χ3v) is 2.48. The number of pyridine rings is 1. The highest BCUT2D eigenvalue weighted by Gasteiger charge is 2.08. The van der Waals surface area contributed by atoms with Gasteiger partial charge in [0.15, 0.2) is 0 Å². The van der Waals surface area contributed by atoms with Gasteiger partial charge in [-0.1, -0.05) is 0 Å². The lowest BCUT2D eigenvalue weighted by Crippen LogP contribution is -2.37. The van der Waals surface area contributed by atoms with Gasteiger partial charge in [0.25, 0.3) is 5.56 Å². The van der Waals surface area contributed by atoms with Crippen molar-refractivity contribution in [3.63, 3.8) is 0 Å². The molecular formula is C12H19N3O3. The first-order chi connectivity index (χ1) is 8.52. The van der Waals surface area contributed by atoms with Gasteiger partial charge in [-0.25, -0.2) is 0 Å². The topological polar surface area (TPSA) is 86.3 Å². The van der Waals surface area contributed by atoms with E-state index < -0.39 is 0 Å². The van der Waals surface area contributed by atoms with Gasteiger partial charge >= 0.3 is 0 Å². The predicted octanol–water partition coefficient (Wildman–Crippen LogP) is -0.0283. The molecular weight excluding hydrogens is 234 g/mol. The second-order valence-corrected chi connectivity index (χ2v) is 4.18. The first-order valence-electron chi connectivity index (χ1n) is 5.77. The number of aromatic nitrogens is 1. The molecule has 0 fully saturated rings. The lowest BCUT2D eigenvalue weighted by atomic mass is 10.2. The number of nitrogen functional groups attached to an aromatic ring is 1. The number of hydrogen-bond acceptors (Lipinski definition) is 4.